The lowest BCUT2D eigenvalue weighted by molar-refractivity contribution is -0.137. The molecule has 2 amide bonds. The van der Waals surface area contributed by atoms with Gasteiger partial charge in [0, 0.05) is 18.7 Å². The van der Waals surface area contributed by atoms with Crippen molar-refractivity contribution in [2.24, 2.45) is 0 Å². The SMILES string of the molecule is C=C(C)C.C=C(CC)NCCCCC1NC(=O)C(CCCCC)NC1=O.C=CCCC(=O)O. The lowest BCUT2D eigenvalue weighted by Crippen LogP contribution is -2.61. The number of carboxylic acids is 1. The van der Waals surface area contributed by atoms with Gasteiger partial charge in [-0.25, -0.2) is 0 Å². The van der Waals surface area contributed by atoms with Crippen LogP contribution in [0.2, 0.25) is 0 Å². The molecule has 1 rings (SSSR count). The summed E-state index contributed by atoms with van der Waals surface area (Å²) in [7, 11) is 0. The zero-order valence-electron chi connectivity index (χ0n) is 21.3. The molecule has 1 aliphatic rings. The monoisotopic (exact) mass is 465 g/mol. The molecule has 0 saturated carbocycles. The highest BCUT2D eigenvalue weighted by Crippen LogP contribution is 2.10. The fourth-order valence-corrected chi connectivity index (χ4v) is 2.77. The Hall–Kier alpha value is -2.57. The number of nitrogens with one attached hydrogen (secondary N) is 3. The quantitative estimate of drug-likeness (QED) is 0.217. The molecule has 4 N–H and O–H groups in total. The summed E-state index contributed by atoms with van der Waals surface area (Å²) in [6, 6.07) is -0.714. The molecule has 1 saturated heterocycles. The Bertz CT molecular complexity index is 613. The Morgan fingerprint density at radius 1 is 1.00 bits per heavy atom. The van der Waals surface area contributed by atoms with Crippen molar-refractivity contribution in [1.29, 1.82) is 0 Å². The minimum Gasteiger partial charge on any atom is -0.481 e. The zero-order valence-corrected chi connectivity index (χ0v) is 21.3. The number of carbonyl (C=O) groups is 3. The van der Waals surface area contributed by atoms with Crippen LogP contribution in [0.5, 0.6) is 0 Å². The van der Waals surface area contributed by atoms with E-state index in [1.165, 1.54) is 5.57 Å². The molecule has 1 aliphatic heterocycles. The van der Waals surface area contributed by atoms with Gasteiger partial charge < -0.3 is 21.1 Å². The highest BCUT2D eigenvalue weighted by atomic mass is 16.4. The molecule has 0 bridgehead atoms. The second kappa shape index (κ2) is 21.3. The molecule has 33 heavy (non-hydrogen) atoms. The number of carboxylic acid groups (broad SMARTS) is 1. The number of allylic oxidation sites excluding steroid dienone is 3. The van der Waals surface area contributed by atoms with Crippen LogP contribution in [0.15, 0.2) is 37.1 Å². The van der Waals surface area contributed by atoms with Crippen molar-refractivity contribution < 1.29 is 19.5 Å². The summed E-state index contributed by atoms with van der Waals surface area (Å²) in [4.78, 5) is 33.8. The van der Waals surface area contributed by atoms with Crippen molar-refractivity contribution in [3.8, 4) is 0 Å². The van der Waals surface area contributed by atoms with Crippen LogP contribution in [0.4, 0.5) is 0 Å². The zero-order chi connectivity index (χ0) is 25.6. The van der Waals surface area contributed by atoms with Crippen LogP contribution in [-0.4, -0.2) is 41.5 Å². The number of unbranched alkanes of at least 4 members (excludes halogenated alkanes) is 3. The topological polar surface area (TPSA) is 108 Å². The van der Waals surface area contributed by atoms with Gasteiger partial charge in [-0.2, -0.15) is 0 Å². The number of carbonyl (C=O) groups excluding carboxylic acids is 2. The first kappa shape index (κ1) is 32.6. The molecule has 7 heteroatoms. The number of hydrogen-bond acceptors (Lipinski definition) is 4. The maximum absolute atomic E-state index is 12.0. The smallest absolute Gasteiger partial charge is 0.303 e. The number of amides is 2. The normalized spacial score (nSPS) is 16.6. The van der Waals surface area contributed by atoms with E-state index in [0.717, 1.165) is 57.2 Å². The molecule has 0 aliphatic carbocycles. The number of aliphatic carboxylic acids is 1. The van der Waals surface area contributed by atoms with E-state index in [4.69, 9.17) is 5.11 Å². The summed E-state index contributed by atoms with van der Waals surface area (Å²) in [5, 5.41) is 17.0. The van der Waals surface area contributed by atoms with Gasteiger partial charge in [0.1, 0.15) is 12.1 Å². The van der Waals surface area contributed by atoms with Gasteiger partial charge in [0.2, 0.25) is 11.8 Å². The summed E-state index contributed by atoms with van der Waals surface area (Å²) < 4.78 is 0. The average Bonchev–Trinajstić information content (AvgIpc) is 2.74. The van der Waals surface area contributed by atoms with Gasteiger partial charge in [-0.15, -0.1) is 13.2 Å². The molecule has 0 spiro atoms. The standard InChI is InChI=1S/C17H31N3O2.C5H8O2.C4H8/c1-4-6-7-10-14-16(21)20-15(17(22)19-14)11-8-9-12-18-13(3)5-2;1-2-3-4-5(6)7;1-4(2)3/h14-15,18H,3-12H2,1-2H3,(H,19,22)(H,20,21);2H,1,3-4H2,(H,6,7);1H2,2-3H3. The second-order valence-corrected chi connectivity index (χ2v) is 8.43. The van der Waals surface area contributed by atoms with Crippen LogP contribution in [0.25, 0.3) is 0 Å². The fourth-order valence-electron chi connectivity index (χ4n) is 2.77. The van der Waals surface area contributed by atoms with E-state index in [1.54, 1.807) is 6.08 Å². The molecular weight excluding hydrogens is 418 g/mol. The van der Waals surface area contributed by atoms with Crippen molar-refractivity contribution in [3.63, 3.8) is 0 Å². The maximum Gasteiger partial charge on any atom is 0.303 e. The average molecular weight is 466 g/mol. The van der Waals surface area contributed by atoms with E-state index in [-0.39, 0.29) is 30.3 Å². The molecular formula is C26H47N3O4. The maximum atomic E-state index is 12.0. The fraction of sp³-hybridized carbons (Fsp3) is 0.654. The van der Waals surface area contributed by atoms with Gasteiger partial charge in [-0.1, -0.05) is 51.3 Å². The Kier molecular flexibility index (Phi) is 21.0. The second-order valence-electron chi connectivity index (χ2n) is 8.43. The largest absolute Gasteiger partial charge is 0.481 e. The minimum atomic E-state index is -0.764. The first-order chi connectivity index (χ1) is 15.6. The highest BCUT2D eigenvalue weighted by molar-refractivity contribution is 5.96. The third kappa shape index (κ3) is 21.1. The van der Waals surface area contributed by atoms with Crippen LogP contribution < -0.4 is 16.0 Å². The molecule has 2 unspecified atom stereocenters. The number of piperazine rings is 1. The first-order valence-electron chi connectivity index (χ1n) is 12.1. The van der Waals surface area contributed by atoms with E-state index < -0.39 is 5.97 Å². The van der Waals surface area contributed by atoms with Crippen LogP contribution in [0.1, 0.15) is 91.9 Å². The van der Waals surface area contributed by atoms with Gasteiger partial charge in [-0.05, 0) is 52.4 Å². The lowest BCUT2D eigenvalue weighted by atomic mass is 10.0. The van der Waals surface area contributed by atoms with E-state index in [1.807, 2.05) is 13.8 Å². The molecule has 2 atom stereocenters. The predicted molar refractivity (Wildman–Crippen MR) is 137 cm³/mol. The molecule has 0 aromatic carbocycles. The van der Waals surface area contributed by atoms with E-state index >= 15 is 0 Å². The number of rotatable bonds is 14. The minimum absolute atomic E-state index is 0.0295. The van der Waals surface area contributed by atoms with Crippen LogP contribution >= 0.6 is 0 Å². The van der Waals surface area contributed by atoms with Crippen LogP contribution in [0, 0.1) is 0 Å². The van der Waals surface area contributed by atoms with Crippen molar-refractivity contribution in [1.82, 2.24) is 16.0 Å². The van der Waals surface area contributed by atoms with Gasteiger partial charge in [0.05, 0.1) is 0 Å². The summed E-state index contributed by atoms with van der Waals surface area (Å²) in [5.41, 5.74) is 2.21. The molecule has 0 aromatic heterocycles. The summed E-state index contributed by atoms with van der Waals surface area (Å²) in [5.74, 6) is -0.829. The first-order valence-corrected chi connectivity index (χ1v) is 12.1. The molecule has 7 nitrogen and oxygen atoms in total. The third-order valence-electron chi connectivity index (χ3n) is 4.65. The lowest BCUT2D eigenvalue weighted by Gasteiger charge is -2.29. The Morgan fingerprint density at radius 2 is 1.48 bits per heavy atom. The Balaban J connectivity index is 0. The molecule has 1 heterocycles. The van der Waals surface area contributed by atoms with Crippen LogP contribution in [-0.2, 0) is 14.4 Å². The Labute approximate surface area is 201 Å². The molecule has 1 fully saturated rings. The van der Waals surface area contributed by atoms with E-state index in [9.17, 15) is 14.4 Å². The summed E-state index contributed by atoms with van der Waals surface area (Å²) in [6.45, 7) is 19.8. The van der Waals surface area contributed by atoms with Crippen molar-refractivity contribution >= 4 is 17.8 Å². The van der Waals surface area contributed by atoms with E-state index in [2.05, 4.69) is 49.5 Å². The van der Waals surface area contributed by atoms with Crippen molar-refractivity contribution in [2.75, 3.05) is 6.54 Å². The Morgan fingerprint density at radius 3 is 1.85 bits per heavy atom. The highest BCUT2D eigenvalue weighted by Gasteiger charge is 2.32. The van der Waals surface area contributed by atoms with Crippen molar-refractivity contribution in [2.45, 2.75) is 104 Å². The van der Waals surface area contributed by atoms with Crippen molar-refractivity contribution in [3.05, 3.63) is 37.1 Å². The third-order valence-corrected chi connectivity index (χ3v) is 4.65. The van der Waals surface area contributed by atoms with Gasteiger partial charge in [0.25, 0.3) is 0 Å². The van der Waals surface area contributed by atoms with Gasteiger partial charge in [0.15, 0.2) is 0 Å². The molecule has 0 aromatic rings. The van der Waals surface area contributed by atoms with E-state index in [0.29, 0.717) is 12.8 Å². The summed E-state index contributed by atoms with van der Waals surface area (Å²) >= 11 is 0. The molecule has 190 valence electrons. The molecule has 0 radical (unpaired) electrons. The van der Waals surface area contributed by atoms with Gasteiger partial charge >= 0.3 is 5.97 Å². The number of hydrogen-bond donors (Lipinski definition) is 4. The summed E-state index contributed by atoms with van der Waals surface area (Å²) in [6.07, 6.45) is 9.78. The van der Waals surface area contributed by atoms with Gasteiger partial charge in [-0.3, -0.25) is 14.4 Å². The van der Waals surface area contributed by atoms with Crippen LogP contribution in [0.3, 0.4) is 0 Å². The predicted octanol–water partition coefficient (Wildman–Crippen LogP) is 4.85.